The van der Waals surface area contributed by atoms with Crippen molar-refractivity contribution in [3.8, 4) is 22.9 Å². The summed E-state index contributed by atoms with van der Waals surface area (Å²) in [5.74, 6) is 0.852. The van der Waals surface area contributed by atoms with Crippen LogP contribution in [-0.2, 0) is 14.8 Å². The number of hydrogen-bond donors (Lipinski definition) is 3. The second-order valence-electron chi connectivity index (χ2n) is 8.12. The Kier molecular flexibility index (Phi) is 7.03. The van der Waals surface area contributed by atoms with Crippen molar-refractivity contribution in [2.45, 2.75) is 29.1 Å². The zero-order chi connectivity index (χ0) is 26.7. The van der Waals surface area contributed by atoms with Crippen molar-refractivity contribution in [1.82, 2.24) is 19.9 Å². The number of anilines is 2. The fourth-order valence-corrected chi connectivity index (χ4v) is 5.21. The summed E-state index contributed by atoms with van der Waals surface area (Å²) in [5.41, 5.74) is 2.29. The molecule has 0 aliphatic carbocycles. The average Bonchev–Trinajstić information content (AvgIpc) is 3.65. The predicted molar refractivity (Wildman–Crippen MR) is 142 cm³/mol. The molecule has 0 saturated heterocycles. The minimum Gasteiger partial charge on any atom is -0.463 e. The van der Waals surface area contributed by atoms with E-state index in [0.717, 1.165) is 0 Å². The molecule has 11 nitrogen and oxygen atoms in total. The smallest absolute Gasteiger partial charge is 0.264 e. The number of carbonyl (C=O) groups is 1. The first kappa shape index (κ1) is 25.3. The maximum Gasteiger partial charge on any atom is 0.264 e. The number of rotatable bonds is 9. The quantitative estimate of drug-likeness (QED) is 0.216. The lowest BCUT2D eigenvalue weighted by Gasteiger charge is -2.11. The minimum atomic E-state index is -3.89. The second kappa shape index (κ2) is 10.6. The highest BCUT2D eigenvalue weighted by molar-refractivity contribution is 8.00. The van der Waals surface area contributed by atoms with E-state index >= 15 is 0 Å². The molecule has 5 aromatic rings. The molecule has 1 aromatic carbocycles. The summed E-state index contributed by atoms with van der Waals surface area (Å²) in [7, 11) is -3.89. The first-order chi connectivity index (χ1) is 18.3. The van der Waals surface area contributed by atoms with Gasteiger partial charge in [-0.25, -0.2) is 28.1 Å². The summed E-state index contributed by atoms with van der Waals surface area (Å²) < 4.78 is 38.7. The third kappa shape index (κ3) is 5.63. The Morgan fingerprint density at radius 3 is 2.37 bits per heavy atom. The van der Waals surface area contributed by atoms with Crippen LogP contribution in [-0.4, -0.2) is 39.5 Å². The van der Waals surface area contributed by atoms with Crippen molar-refractivity contribution in [2.75, 3.05) is 10.0 Å². The highest BCUT2D eigenvalue weighted by atomic mass is 32.2. The number of aromatic amines is 1. The highest BCUT2D eigenvalue weighted by Gasteiger charge is 2.22. The van der Waals surface area contributed by atoms with E-state index in [1.54, 1.807) is 56.7 Å². The van der Waals surface area contributed by atoms with Crippen molar-refractivity contribution in [3.05, 3.63) is 79.0 Å². The van der Waals surface area contributed by atoms with Gasteiger partial charge in [0.25, 0.3) is 10.0 Å². The van der Waals surface area contributed by atoms with Gasteiger partial charge in [0.15, 0.2) is 16.7 Å². The van der Waals surface area contributed by atoms with Crippen LogP contribution in [0.15, 0.2) is 92.2 Å². The van der Waals surface area contributed by atoms with E-state index in [-0.39, 0.29) is 16.8 Å². The molecule has 5 rings (SSSR count). The van der Waals surface area contributed by atoms with Gasteiger partial charge in [0.1, 0.15) is 11.4 Å². The number of nitrogens with zero attached hydrogens (tertiary/aromatic N) is 3. The molecule has 4 aromatic heterocycles. The zero-order valence-corrected chi connectivity index (χ0v) is 21.8. The monoisotopic (exact) mass is 550 g/mol. The summed E-state index contributed by atoms with van der Waals surface area (Å²) >= 11 is 1.23. The van der Waals surface area contributed by atoms with Crippen LogP contribution in [0.1, 0.15) is 12.6 Å². The van der Waals surface area contributed by atoms with E-state index < -0.39 is 15.3 Å². The van der Waals surface area contributed by atoms with Crippen LogP contribution < -0.4 is 10.0 Å². The normalized spacial score (nSPS) is 12.3. The molecule has 0 aliphatic heterocycles. The molecule has 194 valence electrons. The minimum absolute atomic E-state index is 0.00882. The van der Waals surface area contributed by atoms with Gasteiger partial charge >= 0.3 is 0 Å². The maximum atomic E-state index is 12.9. The van der Waals surface area contributed by atoms with Gasteiger partial charge in [-0.15, -0.1) is 0 Å². The molecule has 4 heterocycles. The standard InChI is InChI=1S/C25H22N6O5S2/c1-15-11-12-26-24(27-15)31-38(33,34)18-9-7-17(8-10-18)28-23(32)16(2)37-25-29-21(19-5-3-13-35-19)22(30-25)20-6-4-14-36-20/h3-14,16H,1-2H3,(H,28,32)(H,29,30)(H,26,27,31). The Morgan fingerprint density at radius 2 is 1.71 bits per heavy atom. The molecule has 38 heavy (non-hydrogen) atoms. The summed E-state index contributed by atoms with van der Waals surface area (Å²) in [6.07, 6.45) is 4.59. The van der Waals surface area contributed by atoms with Crippen molar-refractivity contribution < 1.29 is 22.0 Å². The highest BCUT2D eigenvalue weighted by Crippen LogP contribution is 2.34. The van der Waals surface area contributed by atoms with Crippen molar-refractivity contribution in [1.29, 1.82) is 0 Å². The molecule has 3 N–H and O–H groups in total. The summed E-state index contributed by atoms with van der Waals surface area (Å²) in [6.45, 7) is 3.48. The van der Waals surface area contributed by atoms with Gasteiger partial charge in [-0.3, -0.25) is 4.79 Å². The van der Waals surface area contributed by atoms with E-state index in [0.29, 0.717) is 39.4 Å². The molecule has 0 aliphatic rings. The lowest BCUT2D eigenvalue weighted by molar-refractivity contribution is -0.115. The molecule has 0 fully saturated rings. The van der Waals surface area contributed by atoms with Gasteiger partial charge in [-0.2, -0.15) is 0 Å². The third-order valence-corrected chi connectivity index (χ3v) is 7.64. The van der Waals surface area contributed by atoms with Crippen molar-refractivity contribution in [3.63, 3.8) is 0 Å². The van der Waals surface area contributed by atoms with Crippen LogP contribution in [0.5, 0.6) is 0 Å². The van der Waals surface area contributed by atoms with Gasteiger partial charge < -0.3 is 19.1 Å². The van der Waals surface area contributed by atoms with E-state index in [1.807, 2.05) is 0 Å². The van der Waals surface area contributed by atoms with Gasteiger partial charge in [0.05, 0.1) is 22.7 Å². The molecule has 1 amide bonds. The summed E-state index contributed by atoms with van der Waals surface area (Å²) in [6, 6.07) is 14.6. The van der Waals surface area contributed by atoms with E-state index in [4.69, 9.17) is 8.83 Å². The topological polar surface area (TPSA) is 156 Å². The molecule has 0 spiro atoms. The fraction of sp³-hybridized carbons (Fsp3) is 0.120. The number of imidazole rings is 1. The van der Waals surface area contributed by atoms with Crippen molar-refractivity contribution >= 4 is 39.3 Å². The molecular weight excluding hydrogens is 528 g/mol. The Balaban J connectivity index is 1.25. The van der Waals surface area contributed by atoms with Crippen molar-refractivity contribution in [2.24, 2.45) is 0 Å². The Hall–Kier alpha value is -4.36. The molecule has 1 unspecified atom stereocenters. The van der Waals surface area contributed by atoms with Gasteiger partial charge in [0.2, 0.25) is 11.9 Å². The molecule has 0 radical (unpaired) electrons. The first-order valence-corrected chi connectivity index (χ1v) is 13.7. The Morgan fingerprint density at radius 1 is 1.00 bits per heavy atom. The van der Waals surface area contributed by atoms with E-state index in [2.05, 4.69) is 30.0 Å². The number of aryl methyl sites for hydroxylation is 1. The van der Waals surface area contributed by atoms with Crippen LogP contribution in [0.2, 0.25) is 0 Å². The number of hydrogen-bond acceptors (Lipinski definition) is 9. The van der Waals surface area contributed by atoms with Gasteiger partial charge in [-0.1, -0.05) is 11.8 Å². The number of nitrogens with one attached hydrogen (secondary N) is 3. The van der Waals surface area contributed by atoms with Crippen LogP contribution >= 0.6 is 11.8 Å². The Labute approximate surface area is 222 Å². The van der Waals surface area contributed by atoms with Gasteiger partial charge in [0, 0.05) is 17.6 Å². The zero-order valence-electron chi connectivity index (χ0n) is 20.2. The lowest BCUT2D eigenvalue weighted by atomic mass is 10.2. The lowest BCUT2D eigenvalue weighted by Crippen LogP contribution is -2.22. The number of H-pyrrole nitrogens is 1. The van der Waals surface area contributed by atoms with Crippen LogP contribution in [0.4, 0.5) is 11.6 Å². The Bertz CT molecular complexity index is 1600. The number of thioether (sulfide) groups is 1. The fourth-order valence-electron chi connectivity index (χ4n) is 3.46. The summed E-state index contributed by atoms with van der Waals surface area (Å²) in [4.78, 5) is 28.7. The predicted octanol–water partition coefficient (Wildman–Crippen LogP) is 4.95. The SMILES string of the molecule is Cc1ccnc(NS(=O)(=O)c2ccc(NC(=O)C(C)Sc3nc(-c4ccco4)c(-c4ccco4)[nH]3)cc2)n1. The molecular formula is C25H22N6O5S2. The number of furan rings is 2. The second-order valence-corrected chi connectivity index (χ2v) is 11.1. The van der Waals surface area contributed by atoms with Gasteiger partial charge in [-0.05, 0) is 68.4 Å². The molecule has 0 saturated carbocycles. The largest absolute Gasteiger partial charge is 0.463 e. The summed E-state index contributed by atoms with van der Waals surface area (Å²) in [5, 5.41) is 2.78. The molecule has 13 heteroatoms. The first-order valence-electron chi connectivity index (χ1n) is 11.4. The number of carbonyl (C=O) groups excluding carboxylic acids is 1. The average molecular weight is 551 g/mol. The third-order valence-electron chi connectivity index (χ3n) is 5.31. The van der Waals surface area contributed by atoms with E-state index in [9.17, 15) is 13.2 Å². The molecule has 1 atom stereocenters. The number of sulfonamides is 1. The van der Waals surface area contributed by atoms with Crippen LogP contribution in [0.25, 0.3) is 22.9 Å². The van der Waals surface area contributed by atoms with Crippen LogP contribution in [0.3, 0.4) is 0 Å². The molecule has 0 bridgehead atoms. The number of aromatic nitrogens is 4. The number of amides is 1. The maximum absolute atomic E-state index is 12.9. The van der Waals surface area contributed by atoms with Crippen LogP contribution in [0, 0.1) is 6.92 Å². The number of benzene rings is 1. The van der Waals surface area contributed by atoms with E-state index in [1.165, 1.54) is 42.2 Å².